The van der Waals surface area contributed by atoms with Crippen LogP contribution in [0.3, 0.4) is 0 Å². The van der Waals surface area contributed by atoms with Gasteiger partial charge in [0.1, 0.15) is 0 Å². The zero-order valence-corrected chi connectivity index (χ0v) is 19.3. The van der Waals surface area contributed by atoms with Gasteiger partial charge in [-0.2, -0.15) is 0 Å². The van der Waals surface area contributed by atoms with E-state index in [2.05, 4.69) is 0 Å². The summed E-state index contributed by atoms with van der Waals surface area (Å²) in [6.07, 6.45) is 0.716. The zero-order chi connectivity index (χ0) is 22.9. The summed E-state index contributed by atoms with van der Waals surface area (Å²) < 4.78 is 28.9. The first-order valence-electron chi connectivity index (χ1n) is 10.2. The number of ether oxygens (including phenoxy) is 1. The molecular weight excluding hydrogens is 416 g/mol. The molecule has 0 N–H and O–H groups in total. The largest absolute Gasteiger partial charge is 0.449 e. The molecule has 1 atom stereocenters. The Morgan fingerprint density at radius 2 is 1.68 bits per heavy atom. The minimum absolute atomic E-state index is 0.103. The number of anilines is 2. The molecule has 0 aromatic heterocycles. The van der Waals surface area contributed by atoms with E-state index in [0.717, 1.165) is 11.1 Å². The Morgan fingerprint density at radius 1 is 1.06 bits per heavy atom. The molecule has 7 nitrogen and oxygen atoms in total. The van der Waals surface area contributed by atoms with Crippen molar-refractivity contribution in [1.82, 2.24) is 0 Å². The zero-order valence-electron chi connectivity index (χ0n) is 18.5. The average Bonchev–Trinajstić information content (AvgIpc) is 2.70. The molecule has 0 saturated carbocycles. The second kappa shape index (κ2) is 8.70. The van der Waals surface area contributed by atoms with Crippen LogP contribution >= 0.6 is 0 Å². The van der Waals surface area contributed by atoms with Gasteiger partial charge >= 0.3 is 6.09 Å². The molecule has 0 spiro atoms. The van der Waals surface area contributed by atoms with Crippen molar-refractivity contribution in [3.05, 3.63) is 42.5 Å². The van der Waals surface area contributed by atoms with Crippen LogP contribution in [0.4, 0.5) is 16.2 Å². The van der Waals surface area contributed by atoms with Crippen molar-refractivity contribution in [3.63, 3.8) is 0 Å². The van der Waals surface area contributed by atoms with Gasteiger partial charge in [-0.1, -0.05) is 32.0 Å². The fourth-order valence-electron chi connectivity index (χ4n) is 3.67. The minimum Gasteiger partial charge on any atom is -0.449 e. The molecule has 1 aliphatic rings. The van der Waals surface area contributed by atoms with Gasteiger partial charge in [0.25, 0.3) is 0 Å². The summed E-state index contributed by atoms with van der Waals surface area (Å²) in [5.74, 6) is 0.105. The van der Waals surface area contributed by atoms with Crippen LogP contribution in [0.25, 0.3) is 11.1 Å². The summed E-state index contributed by atoms with van der Waals surface area (Å²) in [7, 11) is -3.29. The van der Waals surface area contributed by atoms with Gasteiger partial charge in [0.15, 0.2) is 9.84 Å². The first kappa shape index (κ1) is 22.8. The van der Waals surface area contributed by atoms with Crippen molar-refractivity contribution < 1.29 is 22.7 Å². The molecule has 0 fully saturated rings. The highest BCUT2D eigenvalue weighted by Crippen LogP contribution is 2.39. The smallest absolute Gasteiger partial charge is 0.414 e. The third-order valence-corrected chi connectivity index (χ3v) is 6.26. The number of carbonyl (C=O) groups is 2. The van der Waals surface area contributed by atoms with E-state index >= 15 is 0 Å². The minimum atomic E-state index is -3.29. The summed E-state index contributed by atoms with van der Waals surface area (Å²) in [6, 6.07) is 11.9. The van der Waals surface area contributed by atoms with E-state index in [4.69, 9.17) is 4.74 Å². The maximum Gasteiger partial charge on any atom is 0.414 e. The lowest BCUT2D eigenvalue weighted by molar-refractivity contribution is -0.117. The third-order valence-electron chi connectivity index (χ3n) is 5.13. The normalized spacial score (nSPS) is 16.3. The molecule has 31 heavy (non-hydrogen) atoms. The summed E-state index contributed by atoms with van der Waals surface area (Å²) in [6.45, 7) is 7.96. The lowest BCUT2D eigenvalue weighted by atomic mass is 10.0. The summed E-state index contributed by atoms with van der Waals surface area (Å²) in [5.41, 5.74) is 2.84. The van der Waals surface area contributed by atoms with Gasteiger partial charge in [-0.05, 0) is 48.2 Å². The van der Waals surface area contributed by atoms with Crippen LogP contribution in [0.5, 0.6) is 0 Å². The molecule has 3 rings (SSSR count). The highest BCUT2D eigenvalue weighted by atomic mass is 32.2. The third kappa shape index (κ3) is 4.90. The lowest BCUT2D eigenvalue weighted by Crippen LogP contribution is -2.51. The number of amides is 2. The molecule has 0 unspecified atom stereocenters. The molecule has 2 aromatic carbocycles. The summed E-state index contributed by atoms with van der Waals surface area (Å²) >= 11 is 0. The van der Waals surface area contributed by atoms with Crippen LogP contribution < -0.4 is 9.80 Å². The SMILES string of the molecule is CC(=O)N1c2ccc(-c3ccc(S(C)(=O)=O)cc3)cc2N(C(=O)OCC(C)C)C[C@@H]1C. The van der Waals surface area contributed by atoms with E-state index in [9.17, 15) is 18.0 Å². The highest BCUT2D eigenvalue weighted by Gasteiger charge is 2.34. The Balaban J connectivity index is 2.04. The number of rotatable bonds is 4. The topological polar surface area (TPSA) is 84.0 Å². The Bertz CT molecular complexity index is 1090. The van der Waals surface area contributed by atoms with E-state index in [1.807, 2.05) is 39.0 Å². The molecule has 1 aliphatic heterocycles. The van der Waals surface area contributed by atoms with Gasteiger partial charge < -0.3 is 9.64 Å². The van der Waals surface area contributed by atoms with Crippen molar-refractivity contribution in [3.8, 4) is 11.1 Å². The Kier molecular flexibility index (Phi) is 6.40. The number of hydrogen-bond donors (Lipinski definition) is 0. The Hall–Kier alpha value is -2.87. The van der Waals surface area contributed by atoms with Crippen molar-refractivity contribution in [1.29, 1.82) is 0 Å². The van der Waals surface area contributed by atoms with Crippen molar-refractivity contribution >= 4 is 33.2 Å². The maximum atomic E-state index is 12.8. The van der Waals surface area contributed by atoms with Gasteiger partial charge in [0, 0.05) is 19.7 Å². The van der Waals surface area contributed by atoms with Gasteiger partial charge in [-0.15, -0.1) is 0 Å². The first-order valence-corrected chi connectivity index (χ1v) is 12.1. The van der Waals surface area contributed by atoms with E-state index < -0.39 is 15.9 Å². The van der Waals surface area contributed by atoms with Gasteiger partial charge in [-0.3, -0.25) is 9.69 Å². The second-order valence-corrected chi connectivity index (χ2v) is 10.3. The molecular formula is C23H28N2O5S. The molecule has 0 aliphatic carbocycles. The van der Waals surface area contributed by atoms with E-state index in [1.165, 1.54) is 13.2 Å². The summed E-state index contributed by atoms with van der Waals surface area (Å²) in [4.78, 5) is 28.6. The van der Waals surface area contributed by atoms with Crippen molar-refractivity contribution in [2.75, 3.05) is 29.2 Å². The maximum absolute atomic E-state index is 12.8. The molecule has 0 bridgehead atoms. The average molecular weight is 445 g/mol. The molecule has 166 valence electrons. The molecule has 2 amide bonds. The van der Waals surface area contributed by atoms with E-state index in [-0.39, 0.29) is 22.8 Å². The van der Waals surface area contributed by atoms with Crippen LogP contribution in [0, 0.1) is 5.92 Å². The van der Waals surface area contributed by atoms with Crippen molar-refractivity contribution in [2.45, 2.75) is 38.6 Å². The van der Waals surface area contributed by atoms with Crippen LogP contribution in [-0.2, 0) is 19.4 Å². The fourth-order valence-corrected chi connectivity index (χ4v) is 4.30. The molecule has 1 heterocycles. The fraction of sp³-hybridized carbons (Fsp3) is 0.391. The standard InChI is InChI=1S/C23H28N2O5S/c1-15(2)14-30-23(27)24-13-16(3)25(17(4)26)21-11-8-19(12-22(21)24)18-6-9-20(10-7-18)31(5,28)29/h6-12,15-16H,13-14H2,1-5H3/t16-/m0/s1. The predicted octanol–water partition coefficient (Wildman–Crippen LogP) is 4.11. The predicted molar refractivity (Wildman–Crippen MR) is 121 cm³/mol. The van der Waals surface area contributed by atoms with Gasteiger partial charge in [0.2, 0.25) is 5.91 Å². The van der Waals surface area contributed by atoms with Gasteiger partial charge in [-0.25, -0.2) is 13.2 Å². The molecule has 8 heteroatoms. The molecule has 2 aromatic rings. The monoisotopic (exact) mass is 444 g/mol. The molecule has 0 saturated heterocycles. The van der Waals surface area contributed by atoms with Crippen LogP contribution in [-0.4, -0.2) is 45.9 Å². The molecule has 0 radical (unpaired) electrons. The van der Waals surface area contributed by atoms with Crippen LogP contribution in [0.2, 0.25) is 0 Å². The Labute approximate surface area is 183 Å². The van der Waals surface area contributed by atoms with Crippen LogP contribution in [0.15, 0.2) is 47.4 Å². The number of sulfone groups is 1. The van der Waals surface area contributed by atoms with Crippen LogP contribution in [0.1, 0.15) is 27.7 Å². The van der Waals surface area contributed by atoms with E-state index in [0.29, 0.717) is 24.5 Å². The number of hydrogen-bond acceptors (Lipinski definition) is 5. The van der Waals surface area contributed by atoms with Gasteiger partial charge in [0.05, 0.1) is 28.9 Å². The second-order valence-electron chi connectivity index (χ2n) is 8.32. The lowest BCUT2D eigenvalue weighted by Gasteiger charge is -2.40. The number of fused-ring (bicyclic) bond motifs is 1. The summed E-state index contributed by atoms with van der Waals surface area (Å²) in [5, 5.41) is 0. The number of nitrogens with zero attached hydrogens (tertiary/aromatic N) is 2. The number of carbonyl (C=O) groups excluding carboxylic acids is 2. The first-order chi connectivity index (χ1) is 14.5. The van der Waals surface area contributed by atoms with Crippen molar-refractivity contribution in [2.24, 2.45) is 5.92 Å². The quantitative estimate of drug-likeness (QED) is 0.709. The Morgan fingerprint density at radius 3 is 2.23 bits per heavy atom. The highest BCUT2D eigenvalue weighted by molar-refractivity contribution is 7.90. The van der Waals surface area contributed by atoms with E-state index in [1.54, 1.807) is 34.1 Å². The number of benzene rings is 2.